The Bertz CT molecular complexity index is 1210. The lowest BCUT2D eigenvalue weighted by molar-refractivity contribution is 0.0948. The van der Waals surface area contributed by atoms with Gasteiger partial charge < -0.3 is 5.32 Å². The van der Waals surface area contributed by atoms with E-state index >= 15 is 0 Å². The second-order valence-electron chi connectivity index (χ2n) is 6.29. The second-order valence-corrected chi connectivity index (χ2v) is 7.45. The Kier molecular flexibility index (Phi) is 4.52. The van der Waals surface area contributed by atoms with E-state index in [-0.39, 0.29) is 12.1 Å². The molecular weight excluding hydrogens is 381 g/mol. The molecule has 1 N–H and O–H groups in total. The number of benzene rings is 1. The summed E-state index contributed by atoms with van der Waals surface area (Å²) in [6.07, 6.45) is 3.31. The Hall–Kier alpha value is -3.33. The average molecular weight is 397 g/mol. The Morgan fingerprint density at radius 1 is 1.21 bits per heavy atom. The van der Waals surface area contributed by atoms with Crippen LogP contribution >= 0.6 is 11.3 Å². The molecule has 0 saturated heterocycles. The third-order valence-electron chi connectivity index (χ3n) is 4.26. The van der Waals surface area contributed by atoms with E-state index in [1.54, 1.807) is 29.9 Å². The largest absolute Gasteiger partial charge is 0.346 e. The summed E-state index contributed by atoms with van der Waals surface area (Å²) in [6, 6.07) is 7.18. The van der Waals surface area contributed by atoms with Crippen LogP contribution in [0.25, 0.3) is 10.6 Å². The summed E-state index contributed by atoms with van der Waals surface area (Å²) in [5.74, 6) is -0.883. The van der Waals surface area contributed by atoms with Gasteiger partial charge in [0.2, 0.25) is 4.96 Å². The zero-order valence-corrected chi connectivity index (χ0v) is 16.0. The predicted octanol–water partition coefficient (Wildman–Crippen LogP) is 2.63. The Labute approximate surface area is 163 Å². The number of halogens is 1. The summed E-state index contributed by atoms with van der Waals surface area (Å²) in [4.78, 5) is 30.7. The summed E-state index contributed by atoms with van der Waals surface area (Å²) < 4.78 is 16.1. The van der Waals surface area contributed by atoms with Gasteiger partial charge in [0.15, 0.2) is 0 Å². The van der Waals surface area contributed by atoms with E-state index in [0.717, 1.165) is 9.97 Å². The van der Waals surface area contributed by atoms with Gasteiger partial charge in [-0.1, -0.05) is 11.3 Å². The maximum atomic E-state index is 13.1. The van der Waals surface area contributed by atoms with Gasteiger partial charge in [0.05, 0.1) is 18.4 Å². The molecule has 0 aliphatic carbocycles. The number of pyridine rings is 1. The summed E-state index contributed by atoms with van der Waals surface area (Å²) in [5.41, 5.74) is 1.27. The summed E-state index contributed by atoms with van der Waals surface area (Å²) in [7, 11) is 0. The zero-order valence-electron chi connectivity index (χ0n) is 15.1. The fraction of sp³-hybridized carbons (Fsp3) is 0.158. The van der Waals surface area contributed by atoms with Crippen LogP contribution in [0.1, 0.15) is 26.6 Å². The maximum Gasteiger partial charge on any atom is 0.268 e. The molecule has 0 aliphatic heterocycles. The van der Waals surface area contributed by atoms with Crippen molar-refractivity contribution in [2.45, 2.75) is 20.4 Å². The number of hydrogen-bond acceptors (Lipinski definition) is 5. The fourth-order valence-corrected chi connectivity index (χ4v) is 3.64. The number of aryl methyl sites for hydroxylation is 2. The number of rotatable bonds is 4. The van der Waals surface area contributed by atoms with Crippen LogP contribution in [0.2, 0.25) is 0 Å². The number of carbonyl (C=O) groups excluding carboxylic acids is 1. The molecule has 0 unspecified atom stereocenters. The molecule has 3 aromatic heterocycles. The molecule has 9 heteroatoms. The van der Waals surface area contributed by atoms with E-state index in [4.69, 9.17) is 0 Å². The van der Waals surface area contributed by atoms with E-state index in [1.165, 1.54) is 40.2 Å². The first kappa shape index (κ1) is 18.1. The lowest BCUT2D eigenvalue weighted by Crippen LogP contribution is -2.33. The van der Waals surface area contributed by atoms with Crippen molar-refractivity contribution in [1.82, 2.24) is 24.5 Å². The Morgan fingerprint density at radius 2 is 1.96 bits per heavy atom. The van der Waals surface area contributed by atoms with Crippen LogP contribution in [-0.4, -0.2) is 25.1 Å². The van der Waals surface area contributed by atoms with Crippen molar-refractivity contribution < 1.29 is 9.18 Å². The van der Waals surface area contributed by atoms with Crippen LogP contribution < -0.4 is 10.9 Å². The Balaban J connectivity index is 1.59. The Morgan fingerprint density at radius 3 is 2.68 bits per heavy atom. The third kappa shape index (κ3) is 3.31. The topological polar surface area (TPSA) is 81.3 Å². The van der Waals surface area contributed by atoms with Crippen molar-refractivity contribution in [3.05, 3.63) is 80.7 Å². The fourth-order valence-electron chi connectivity index (χ4n) is 2.90. The molecule has 142 valence electrons. The monoisotopic (exact) mass is 397 g/mol. The average Bonchev–Trinajstić information content (AvgIpc) is 3.18. The molecule has 0 aliphatic rings. The van der Waals surface area contributed by atoms with E-state index in [2.05, 4.69) is 15.4 Å². The van der Waals surface area contributed by atoms with Gasteiger partial charge in [0.1, 0.15) is 16.4 Å². The molecule has 1 aromatic carbocycles. The van der Waals surface area contributed by atoms with E-state index in [0.29, 0.717) is 16.9 Å². The summed E-state index contributed by atoms with van der Waals surface area (Å²) in [6.45, 7) is 3.77. The van der Waals surface area contributed by atoms with Crippen molar-refractivity contribution in [2.24, 2.45) is 0 Å². The highest BCUT2D eigenvalue weighted by atomic mass is 32.1. The standard InChI is InChI=1S/C19H16FN5O2S/c1-11-7-8-24(15-5-3-13(20)4-6-15)18(27)16(11)17(26)21-9-14-10-25-19(22-14)28-12(2)23-25/h3-8,10H,9H2,1-2H3,(H,21,26). The first-order chi connectivity index (χ1) is 13.4. The van der Waals surface area contributed by atoms with Gasteiger partial charge in [-0.25, -0.2) is 13.9 Å². The highest BCUT2D eigenvalue weighted by molar-refractivity contribution is 7.16. The number of amides is 1. The molecule has 0 bridgehead atoms. The van der Waals surface area contributed by atoms with Crippen molar-refractivity contribution in [3.8, 4) is 5.69 Å². The first-order valence-corrected chi connectivity index (χ1v) is 9.32. The quantitative estimate of drug-likeness (QED) is 0.574. The molecule has 4 rings (SSSR count). The smallest absolute Gasteiger partial charge is 0.268 e. The van der Waals surface area contributed by atoms with Crippen molar-refractivity contribution in [3.63, 3.8) is 0 Å². The number of fused-ring (bicyclic) bond motifs is 1. The van der Waals surface area contributed by atoms with Crippen LogP contribution in [-0.2, 0) is 6.54 Å². The minimum atomic E-state index is -0.487. The zero-order chi connectivity index (χ0) is 19.8. The van der Waals surface area contributed by atoms with Crippen LogP contribution in [0.15, 0.2) is 47.5 Å². The molecule has 28 heavy (non-hydrogen) atoms. The number of hydrogen-bond donors (Lipinski definition) is 1. The molecular formula is C19H16FN5O2S. The number of aromatic nitrogens is 4. The minimum Gasteiger partial charge on any atom is -0.346 e. The summed E-state index contributed by atoms with van der Waals surface area (Å²) in [5, 5.41) is 7.92. The van der Waals surface area contributed by atoms with Crippen LogP contribution in [0.5, 0.6) is 0 Å². The first-order valence-electron chi connectivity index (χ1n) is 8.50. The van der Waals surface area contributed by atoms with Gasteiger partial charge >= 0.3 is 0 Å². The summed E-state index contributed by atoms with van der Waals surface area (Å²) >= 11 is 1.46. The number of nitrogens with zero attached hydrogens (tertiary/aromatic N) is 4. The van der Waals surface area contributed by atoms with Crippen LogP contribution in [0.4, 0.5) is 4.39 Å². The minimum absolute atomic E-state index is 0.0433. The van der Waals surface area contributed by atoms with Crippen molar-refractivity contribution in [1.29, 1.82) is 0 Å². The molecule has 0 spiro atoms. The van der Waals surface area contributed by atoms with Crippen LogP contribution in [0, 0.1) is 19.7 Å². The maximum absolute atomic E-state index is 13.1. The molecule has 0 atom stereocenters. The van der Waals surface area contributed by atoms with Crippen LogP contribution in [0.3, 0.4) is 0 Å². The number of nitrogens with one attached hydrogen (secondary N) is 1. The normalized spacial score (nSPS) is 11.1. The molecule has 1 amide bonds. The van der Waals surface area contributed by atoms with Crippen molar-refractivity contribution >= 4 is 22.2 Å². The van der Waals surface area contributed by atoms with Gasteiger partial charge in [-0.05, 0) is 49.7 Å². The molecule has 7 nitrogen and oxygen atoms in total. The van der Waals surface area contributed by atoms with Gasteiger partial charge in [-0.15, -0.1) is 0 Å². The van der Waals surface area contributed by atoms with Gasteiger partial charge in [0, 0.05) is 11.9 Å². The second kappa shape index (κ2) is 7.01. The van der Waals surface area contributed by atoms with Crippen molar-refractivity contribution in [2.75, 3.05) is 0 Å². The molecule has 0 saturated carbocycles. The van der Waals surface area contributed by atoms with E-state index < -0.39 is 17.3 Å². The number of carbonyl (C=O) groups is 1. The van der Waals surface area contributed by atoms with E-state index in [1.807, 2.05) is 6.92 Å². The lowest BCUT2D eigenvalue weighted by Gasteiger charge is -2.11. The molecule has 0 radical (unpaired) electrons. The van der Waals surface area contributed by atoms with Gasteiger partial charge in [0.25, 0.3) is 11.5 Å². The van der Waals surface area contributed by atoms with Gasteiger partial charge in [-0.2, -0.15) is 5.10 Å². The highest BCUT2D eigenvalue weighted by Crippen LogP contribution is 2.14. The predicted molar refractivity (Wildman–Crippen MR) is 104 cm³/mol. The number of imidazole rings is 1. The SMILES string of the molecule is Cc1nn2cc(CNC(=O)c3c(C)ccn(-c4ccc(F)cc4)c3=O)nc2s1. The van der Waals surface area contributed by atoms with Gasteiger partial charge in [-0.3, -0.25) is 14.2 Å². The molecule has 0 fully saturated rings. The third-order valence-corrected chi connectivity index (χ3v) is 5.09. The molecule has 3 heterocycles. The highest BCUT2D eigenvalue weighted by Gasteiger charge is 2.17. The van der Waals surface area contributed by atoms with E-state index in [9.17, 15) is 14.0 Å². The molecule has 4 aromatic rings. The lowest BCUT2D eigenvalue weighted by atomic mass is 10.1.